The first-order valence-corrected chi connectivity index (χ1v) is 11.0. The SMILES string of the molecule is CC(=O)O.Cc1cc(N)nc(C)c1CNC(=O)Cn1c(C)cc(=O)n(NCc2c(C)noc2C)c1=O. The number of rotatable bonds is 7. The Bertz CT molecular complexity index is 1340. The molecule has 0 bridgehead atoms. The standard InChI is InChI=1S/C21H27N7O4.C2H4O2/c1-11-6-18(22)25-13(3)16(11)8-23-19(29)10-27-12(2)7-20(30)28(21(27)31)24-9-17-14(4)26-32-15(17)5;1-2(3)4/h6-7,24H,8-10H2,1-5H3,(H2,22,25)(H,23,29);1H3,(H,3,4). The molecule has 3 rings (SSSR count). The smallest absolute Gasteiger partial charge is 0.350 e. The highest BCUT2D eigenvalue weighted by Crippen LogP contribution is 2.14. The largest absolute Gasteiger partial charge is 0.481 e. The molecule has 0 aliphatic heterocycles. The van der Waals surface area contributed by atoms with Crippen LogP contribution in [0.15, 0.2) is 26.2 Å². The number of nitrogen functional groups attached to an aromatic ring is 1. The van der Waals surface area contributed by atoms with Crippen LogP contribution in [-0.4, -0.2) is 36.4 Å². The van der Waals surface area contributed by atoms with Gasteiger partial charge in [0.05, 0.1) is 12.2 Å². The molecule has 3 aromatic rings. The van der Waals surface area contributed by atoms with Gasteiger partial charge in [-0.05, 0) is 51.8 Å². The number of aryl methyl sites for hydroxylation is 5. The molecular weight excluding hydrogens is 470 g/mol. The Hall–Kier alpha value is -4.42. The second kappa shape index (κ2) is 11.8. The quantitative estimate of drug-likeness (QED) is 0.358. The summed E-state index contributed by atoms with van der Waals surface area (Å²) in [6, 6.07) is 3.04. The number of hydrogen-bond donors (Lipinski definition) is 4. The fourth-order valence-electron chi connectivity index (χ4n) is 3.48. The highest BCUT2D eigenvalue weighted by Gasteiger charge is 2.15. The van der Waals surface area contributed by atoms with Crippen LogP contribution in [0.5, 0.6) is 0 Å². The molecule has 0 aliphatic carbocycles. The zero-order valence-electron chi connectivity index (χ0n) is 21.1. The minimum absolute atomic E-state index is 0.175. The van der Waals surface area contributed by atoms with E-state index in [4.69, 9.17) is 20.2 Å². The number of carboxylic acid groups (broad SMARTS) is 1. The molecule has 1 amide bonds. The van der Waals surface area contributed by atoms with E-state index in [0.29, 0.717) is 23.0 Å². The summed E-state index contributed by atoms with van der Waals surface area (Å²) in [7, 11) is 0. The topological polar surface area (TPSA) is 187 Å². The lowest BCUT2D eigenvalue weighted by Crippen LogP contribution is -2.46. The van der Waals surface area contributed by atoms with Crippen molar-refractivity contribution in [2.24, 2.45) is 0 Å². The second-order valence-electron chi connectivity index (χ2n) is 8.19. The van der Waals surface area contributed by atoms with Gasteiger partial charge >= 0.3 is 5.69 Å². The molecule has 3 aromatic heterocycles. The van der Waals surface area contributed by atoms with Crippen molar-refractivity contribution in [1.29, 1.82) is 0 Å². The van der Waals surface area contributed by atoms with Crippen LogP contribution in [0, 0.1) is 34.6 Å². The van der Waals surface area contributed by atoms with Crippen LogP contribution in [-0.2, 0) is 29.2 Å². The first-order chi connectivity index (χ1) is 16.8. The van der Waals surface area contributed by atoms with Crippen molar-refractivity contribution < 1.29 is 19.2 Å². The average molecular weight is 502 g/mol. The number of nitrogens with one attached hydrogen (secondary N) is 2. The number of hydrogen-bond acceptors (Lipinski definition) is 9. The summed E-state index contributed by atoms with van der Waals surface area (Å²) < 4.78 is 7.21. The van der Waals surface area contributed by atoms with Gasteiger partial charge in [-0.1, -0.05) is 5.16 Å². The monoisotopic (exact) mass is 501 g/mol. The van der Waals surface area contributed by atoms with Gasteiger partial charge in [-0.3, -0.25) is 19.0 Å². The Morgan fingerprint density at radius 2 is 1.69 bits per heavy atom. The number of carboxylic acids is 1. The van der Waals surface area contributed by atoms with Crippen LogP contribution in [0.1, 0.15) is 46.5 Å². The average Bonchev–Trinajstić information content (AvgIpc) is 3.07. The van der Waals surface area contributed by atoms with Gasteiger partial charge in [-0.2, -0.15) is 4.68 Å². The van der Waals surface area contributed by atoms with Crippen molar-refractivity contribution in [2.45, 2.75) is 61.2 Å². The summed E-state index contributed by atoms with van der Waals surface area (Å²) in [6.45, 7) is 10.1. The van der Waals surface area contributed by atoms with Crippen molar-refractivity contribution in [3.63, 3.8) is 0 Å². The molecule has 0 atom stereocenters. The van der Waals surface area contributed by atoms with Gasteiger partial charge in [-0.25, -0.2) is 9.78 Å². The van der Waals surface area contributed by atoms with E-state index in [1.54, 1.807) is 26.8 Å². The summed E-state index contributed by atoms with van der Waals surface area (Å²) in [5.41, 5.74) is 11.7. The molecule has 0 aromatic carbocycles. The van der Waals surface area contributed by atoms with Gasteiger partial charge in [0, 0.05) is 36.5 Å². The molecule has 13 nitrogen and oxygen atoms in total. The van der Waals surface area contributed by atoms with E-state index in [1.165, 1.54) is 10.6 Å². The lowest BCUT2D eigenvalue weighted by atomic mass is 10.1. The number of amides is 1. The molecule has 13 heteroatoms. The Balaban J connectivity index is 0.00000106. The van der Waals surface area contributed by atoms with Crippen molar-refractivity contribution in [1.82, 2.24) is 24.7 Å². The van der Waals surface area contributed by atoms with Gasteiger partial charge in [0.25, 0.3) is 11.5 Å². The number of carbonyl (C=O) groups excluding carboxylic acids is 1. The van der Waals surface area contributed by atoms with Crippen molar-refractivity contribution in [2.75, 3.05) is 11.2 Å². The normalized spacial score (nSPS) is 10.4. The third kappa shape index (κ3) is 7.04. The zero-order valence-corrected chi connectivity index (χ0v) is 21.1. The van der Waals surface area contributed by atoms with Gasteiger partial charge in [0.1, 0.15) is 18.1 Å². The van der Waals surface area contributed by atoms with Crippen molar-refractivity contribution in [3.8, 4) is 0 Å². The summed E-state index contributed by atoms with van der Waals surface area (Å²) in [5.74, 6) is -0.192. The van der Waals surface area contributed by atoms with Crippen LogP contribution in [0.4, 0.5) is 5.82 Å². The third-order valence-electron chi connectivity index (χ3n) is 5.33. The van der Waals surface area contributed by atoms with E-state index in [0.717, 1.165) is 34.0 Å². The predicted molar refractivity (Wildman–Crippen MR) is 132 cm³/mol. The van der Waals surface area contributed by atoms with Crippen LogP contribution >= 0.6 is 0 Å². The van der Waals surface area contributed by atoms with E-state index in [9.17, 15) is 14.4 Å². The van der Waals surface area contributed by atoms with E-state index >= 15 is 0 Å². The van der Waals surface area contributed by atoms with E-state index < -0.39 is 17.2 Å². The zero-order chi connectivity index (χ0) is 27.2. The number of pyridine rings is 1. The lowest BCUT2D eigenvalue weighted by molar-refractivity contribution is -0.134. The maximum atomic E-state index is 12.9. The Labute approximate surface area is 206 Å². The first kappa shape index (κ1) is 27.8. The van der Waals surface area contributed by atoms with Crippen LogP contribution in [0.2, 0.25) is 0 Å². The summed E-state index contributed by atoms with van der Waals surface area (Å²) in [6.07, 6.45) is 0. The summed E-state index contributed by atoms with van der Waals surface area (Å²) in [5, 5.41) is 14.1. The third-order valence-corrected chi connectivity index (χ3v) is 5.33. The van der Waals surface area contributed by atoms with Gasteiger partial charge < -0.3 is 26.1 Å². The van der Waals surface area contributed by atoms with Gasteiger partial charge in [0.15, 0.2) is 0 Å². The van der Waals surface area contributed by atoms with Crippen LogP contribution in [0.3, 0.4) is 0 Å². The molecule has 5 N–H and O–H groups in total. The highest BCUT2D eigenvalue weighted by atomic mass is 16.5. The molecule has 0 saturated carbocycles. The number of aliphatic carboxylic acids is 1. The molecule has 36 heavy (non-hydrogen) atoms. The number of nitrogens with zero attached hydrogens (tertiary/aromatic N) is 4. The lowest BCUT2D eigenvalue weighted by Gasteiger charge is -2.15. The van der Waals surface area contributed by atoms with Crippen molar-refractivity contribution >= 4 is 17.7 Å². The summed E-state index contributed by atoms with van der Waals surface area (Å²) >= 11 is 0. The van der Waals surface area contributed by atoms with Crippen LogP contribution < -0.4 is 27.7 Å². The molecule has 0 aliphatic rings. The Kier molecular flexibility index (Phi) is 9.13. The first-order valence-electron chi connectivity index (χ1n) is 11.0. The molecule has 0 saturated heterocycles. The van der Waals surface area contributed by atoms with Crippen LogP contribution in [0.25, 0.3) is 0 Å². The molecule has 3 heterocycles. The minimum atomic E-state index is -0.833. The minimum Gasteiger partial charge on any atom is -0.481 e. The molecular formula is C23H31N7O6. The highest BCUT2D eigenvalue weighted by molar-refractivity contribution is 5.75. The second-order valence-corrected chi connectivity index (χ2v) is 8.19. The molecule has 194 valence electrons. The predicted octanol–water partition coefficient (Wildman–Crippen LogP) is 0.668. The van der Waals surface area contributed by atoms with Crippen molar-refractivity contribution in [3.05, 3.63) is 72.5 Å². The molecule has 0 spiro atoms. The number of carbonyl (C=O) groups is 2. The maximum absolute atomic E-state index is 12.9. The fraction of sp³-hybridized carbons (Fsp3) is 0.391. The number of nitrogens with two attached hydrogens (primary N) is 1. The number of anilines is 1. The Morgan fingerprint density at radius 1 is 1.06 bits per heavy atom. The summed E-state index contributed by atoms with van der Waals surface area (Å²) in [4.78, 5) is 51.1. The van der Waals surface area contributed by atoms with Gasteiger partial charge in [0.2, 0.25) is 5.91 Å². The van der Waals surface area contributed by atoms with E-state index in [-0.39, 0.29) is 25.5 Å². The van der Waals surface area contributed by atoms with E-state index in [1.807, 2.05) is 13.8 Å². The van der Waals surface area contributed by atoms with Gasteiger partial charge in [-0.15, -0.1) is 0 Å². The molecule has 0 fully saturated rings. The fourth-order valence-corrected chi connectivity index (χ4v) is 3.48. The number of aromatic nitrogens is 4. The Morgan fingerprint density at radius 3 is 2.25 bits per heavy atom. The molecule has 0 unspecified atom stereocenters. The molecule has 0 radical (unpaired) electrons. The maximum Gasteiger partial charge on any atom is 0.350 e. The van der Waals surface area contributed by atoms with E-state index in [2.05, 4.69) is 20.9 Å².